The van der Waals surface area contributed by atoms with Gasteiger partial charge < -0.3 is 19.9 Å². The van der Waals surface area contributed by atoms with Crippen molar-refractivity contribution in [1.29, 1.82) is 0 Å². The molecule has 0 radical (unpaired) electrons. The van der Waals surface area contributed by atoms with Crippen LogP contribution in [0.25, 0.3) is 98.0 Å². The molecule has 0 aliphatic heterocycles. The van der Waals surface area contributed by atoms with Crippen molar-refractivity contribution in [2.75, 3.05) is 7.11 Å². The highest BCUT2D eigenvalue weighted by molar-refractivity contribution is 6.58. The van der Waals surface area contributed by atoms with Gasteiger partial charge in [0.15, 0.2) is 0 Å². The van der Waals surface area contributed by atoms with Crippen molar-refractivity contribution >= 4 is 77.2 Å². The first kappa shape index (κ1) is 43.8. The molecule has 5 heteroatoms. The number of benzene rings is 12. The predicted octanol–water partition coefficient (Wildman–Crippen LogP) is 14.5. The van der Waals surface area contributed by atoms with Gasteiger partial charge in [-0.1, -0.05) is 200 Å². The van der Waals surface area contributed by atoms with E-state index in [-0.39, 0.29) is 6.61 Å². The molecular formula is C63H49BO4. The van der Waals surface area contributed by atoms with E-state index in [9.17, 15) is 5.11 Å². The highest BCUT2D eigenvalue weighted by Crippen LogP contribution is 2.39. The first-order valence-electron chi connectivity index (χ1n) is 22.9. The van der Waals surface area contributed by atoms with Gasteiger partial charge >= 0.3 is 7.12 Å². The number of ether oxygens (including phenoxy) is 1. The lowest BCUT2D eigenvalue weighted by Gasteiger charge is -2.12. The van der Waals surface area contributed by atoms with Crippen LogP contribution in [0.1, 0.15) is 11.1 Å². The van der Waals surface area contributed by atoms with Crippen LogP contribution in [0.15, 0.2) is 231 Å². The summed E-state index contributed by atoms with van der Waals surface area (Å²) >= 11 is 0. The zero-order chi connectivity index (χ0) is 46.6. The molecular weight excluding hydrogens is 832 g/mol. The summed E-state index contributed by atoms with van der Waals surface area (Å²) in [5, 5.41) is 42.7. The second-order valence-electron chi connectivity index (χ2n) is 17.2. The van der Waals surface area contributed by atoms with Crippen molar-refractivity contribution in [3.05, 3.63) is 242 Å². The maximum absolute atomic E-state index is 9.50. The van der Waals surface area contributed by atoms with Crippen LogP contribution < -0.4 is 10.2 Å². The van der Waals surface area contributed by atoms with E-state index in [2.05, 4.69) is 201 Å². The molecule has 0 aliphatic carbocycles. The molecule has 12 rings (SSSR count). The van der Waals surface area contributed by atoms with Crippen LogP contribution in [-0.2, 0) is 6.61 Å². The van der Waals surface area contributed by atoms with Crippen molar-refractivity contribution in [1.82, 2.24) is 0 Å². The summed E-state index contributed by atoms with van der Waals surface area (Å²) in [7, 11) is 0.105. The second kappa shape index (κ2) is 19.4. The lowest BCUT2D eigenvalue weighted by Crippen LogP contribution is -2.29. The van der Waals surface area contributed by atoms with E-state index in [1.807, 2.05) is 12.1 Å². The van der Waals surface area contributed by atoms with Crippen molar-refractivity contribution in [3.63, 3.8) is 0 Å². The molecule has 0 spiro atoms. The highest BCUT2D eigenvalue weighted by Gasteiger charge is 2.13. The zero-order valence-corrected chi connectivity index (χ0v) is 38.0. The Labute approximate surface area is 396 Å². The summed E-state index contributed by atoms with van der Waals surface area (Å²) in [6, 6.07) is 80.6. The number of aryl methyl sites for hydroxylation is 1. The number of aliphatic hydroxyl groups is 1. The lowest BCUT2D eigenvalue weighted by atomic mass is 9.80. The Morgan fingerprint density at radius 2 is 0.706 bits per heavy atom. The van der Waals surface area contributed by atoms with Gasteiger partial charge in [-0.25, -0.2) is 0 Å². The van der Waals surface area contributed by atoms with Crippen molar-refractivity contribution in [2.45, 2.75) is 13.5 Å². The second-order valence-corrected chi connectivity index (χ2v) is 17.2. The van der Waals surface area contributed by atoms with E-state index in [1.54, 1.807) is 24.3 Å². The van der Waals surface area contributed by atoms with Gasteiger partial charge in [-0.2, -0.15) is 0 Å². The van der Waals surface area contributed by atoms with Crippen LogP contribution in [-0.4, -0.2) is 29.4 Å². The van der Waals surface area contributed by atoms with Gasteiger partial charge in [0.1, 0.15) is 5.75 Å². The predicted molar refractivity (Wildman–Crippen MR) is 288 cm³/mol. The molecule has 4 nitrogen and oxygen atoms in total. The lowest BCUT2D eigenvalue weighted by molar-refractivity contribution is 0.282. The normalized spacial score (nSPS) is 11.1. The molecule has 0 unspecified atom stereocenters. The van der Waals surface area contributed by atoms with E-state index >= 15 is 0 Å². The fraction of sp³-hybridized carbons (Fsp3) is 0.0476. The molecule has 0 fully saturated rings. The minimum Gasteiger partial charge on any atom is -0.497 e. The maximum atomic E-state index is 9.50. The van der Waals surface area contributed by atoms with Crippen LogP contribution in [0.4, 0.5) is 0 Å². The number of hydrogen-bond acceptors (Lipinski definition) is 4. The van der Waals surface area contributed by atoms with Crippen LogP contribution in [0, 0.1) is 6.92 Å². The Morgan fingerprint density at radius 3 is 1.13 bits per heavy atom. The molecule has 0 bridgehead atoms. The van der Waals surface area contributed by atoms with Crippen molar-refractivity contribution < 1.29 is 19.9 Å². The Balaban J connectivity index is 0.000000133. The standard InChI is InChI=1S/C31H22O.C25H18.C7H9BO3/c32-20-21-7-5-8-22(17-21)23-9-6-10-24(18-23)25-15-16-30-28-13-2-1-11-26(28)27-12-3-4-14-29(27)31(30)19-25;1-17-7-6-8-18(15-17)19-13-14-24-22-11-3-2-9-20(22)21-10-4-5-12-23(21)25(24)16-19;1-11-7-4-2-3-6(5-7)8(9)10/h1-19,32H,20H2;2-16H,1H3;2-5,9-10H,1H3. The summed E-state index contributed by atoms with van der Waals surface area (Å²) in [5.41, 5.74) is 9.88. The Kier molecular flexibility index (Phi) is 12.5. The Hall–Kier alpha value is -8.06. The Bertz CT molecular complexity index is 3710. The molecule has 0 aromatic heterocycles. The first-order chi connectivity index (χ1) is 33.4. The quantitative estimate of drug-likeness (QED) is 0.115. The molecule has 0 heterocycles. The third kappa shape index (κ3) is 8.82. The fourth-order valence-electron chi connectivity index (χ4n) is 9.53. The summed E-state index contributed by atoms with van der Waals surface area (Å²) in [4.78, 5) is 0. The molecule has 3 N–H and O–H groups in total. The fourth-order valence-corrected chi connectivity index (χ4v) is 9.53. The van der Waals surface area contributed by atoms with Crippen molar-refractivity contribution in [2.24, 2.45) is 0 Å². The van der Waals surface area contributed by atoms with Crippen LogP contribution in [0.5, 0.6) is 5.75 Å². The first-order valence-corrected chi connectivity index (χ1v) is 22.9. The molecule has 12 aromatic rings. The molecule has 0 saturated heterocycles. The van der Waals surface area contributed by atoms with Crippen LogP contribution in [0.2, 0.25) is 0 Å². The number of methoxy groups -OCH3 is 1. The number of fused-ring (bicyclic) bond motifs is 12. The molecule has 328 valence electrons. The maximum Gasteiger partial charge on any atom is 0.488 e. The summed E-state index contributed by atoms with van der Waals surface area (Å²) < 4.78 is 4.88. The minimum atomic E-state index is -1.43. The topological polar surface area (TPSA) is 69.9 Å². The monoisotopic (exact) mass is 880 g/mol. The largest absolute Gasteiger partial charge is 0.497 e. The average Bonchev–Trinajstić information content (AvgIpc) is 3.41. The van der Waals surface area contributed by atoms with Crippen LogP contribution >= 0.6 is 0 Å². The number of hydrogen-bond donors (Lipinski definition) is 3. The third-order valence-electron chi connectivity index (χ3n) is 12.9. The van der Waals surface area contributed by atoms with Gasteiger partial charge in [-0.15, -0.1) is 0 Å². The van der Waals surface area contributed by atoms with Gasteiger partial charge in [0.2, 0.25) is 0 Å². The van der Waals surface area contributed by atoms with E-state index in [1.165, 1.54) is 99.6 Å². The number of rotatable bonds is 6. The minimum absolute atomic E-state index is 0.0548. The molecule has 0 atom stereocenters. The third-order valence-corrected chi connectivity index (χ3v) is 12.9. The molecule has 0 aliphatic rings. The smallest absolute Gasteiger partial charge is 0.488 e. The summed E-state index contributed by atoms with van der Waals surface area (Å²) in [6.07, 6.45) is 0. The van der Waals surface area contributed by atoms with Gasteiger partial charge in [-0.3, -0.25) is 0 Å². The molecule has 68 heavy (non-hydrogen) atoms. The van der Waals surface area contributed by atoms with E-state index in [4.69, 9.17) is 14.8 Å². The van der Waals surface area contributed by atoms with Crippen molar-refractivity contribution in [3.8, 4) is 39.1 Å². The summed E-state index contributed by atoms with van der Waals surface area (Å²) in [5.74, 6) is 0.621. The average molecular weight is 881 g/mol. The van der Waals surface area contributed by atoms with Gasteiger partial charge in [0.25, 0.3) is 0 Å². The summed E-state index contributed by atoms with van der Waals surface area (Å²) in [6.45, 7) is 2.20. The van der Waals surface area contributed by atoms with E-state index < -0.39 is 7.12 Å². The zero-order valence-electron chi connectivity index (χ0n) is 38.0. The van der Waals surface area contributed by atoms with Gasteiger partial charge in [-0.05, 0) is 152 Å². The molecule has 0 amide bonds. The Morgan fingerprint density at radius 1 is 0.338 bits per heavy atom. The SMILES string of the molecule is COc1cccc(B(O)O)c1.Cc1cccc(-c2ccc3c4ccccc4c4ccccc4c3c2)c1.OCc1cccc(-c2cccc(-c3ccc4c5ccccc5c5ccccc5c4c3)c2)c1. The molecule has 12 aromatic carbocycles. The van der Waals surface area contributed by atoms with Crippen LogP contribution in [0.3, 0.4) is 0 Å². The number of aliphatic hydroxyl groups excluding tert-OH is 1. The van der Waals surface area contributed by atoms with E-state index in [0.717, 1.165) is 16.7 Å². The van der Waals surface area contributed by atoms with Gasteiger partial charge in [0.05, 0.1) is 13.7 Å². The molecule has 0 saturated carbocycles. The highest BCUT2D eigenvalue weighted by atomic mass is 16.5. The van der Waals surface area contributed by atoms with E-state index in [0.29, 0.717) is 11.2 Å². The van der Waals surface area contributed by atoms with Gasteiger partial charge in [0, 0.05) is 0 Å².